The minimum Gasteiger partial charge on any atom is -0.481 e. The van der Waals surface area contributed by atoms with Gasteiger partial charge in [-0.15, -0.1) is 0 Å². The van der Waals surface area contributed by atoms with E-state index in [-0.39, 0.29) is 5.41 Å². The maximum atomic E-state index is 11.9. The minimum absolute atomic E-state index is 0.240. The Morgan fingerprint density at radius 3 is 2.38 bits per heavy atom. The average molecular weight is 313 g/mol. The third kappa shape index (κ3) is 3.10. The highest BCUT2D eigenvalue weighted by Crippen LogP contribution is 2.47. The number of rotatable bonds is 4. The van der Waals surface area contributed by atoms with E-state index in [9.17, 15) is 9.90 Å². The van der Waals surface area contributed by atoms with Crippen molar-refractivity contribution in [3.8, 4) is 0 Å². The van der Waals surface area contributed by atoms with Crippen molar-refractivity contribution in [2.24, 2.45) is 10.8 Å². The summed E-state index contributed by atoms with van der Waals surface area (Å²) in [6.07, 6.45) is 3.78. The molecule has 1 heterocycles. The van der Waals surface area contributed by atoms with Gasteiger partial charge in [-0.05, 0) is 44.9 Å². The zero-order valence-electron chi connectivity index (χ0n) is 13.4. The molecule has 0 bridgehead atoms. The molecule has 1 aliphatic rings. The maximum Gasteiger partial charge on any atom is 0.310 e. The molecule has 1 N–H and O–H groups in total. The lowest BCUT2D eigenvalue weighted by atomic mass is 9.63. The van der Waals surface area contributed by atoms with Crippen molar-refractivity contribution in [3.63, 3.8) is 0 Å². The van der Waals surface area contributed by atoms with Crippen LogP contribution in [-0.2, 0) is 17.8 Å². The first-order chi connectivity index (χ1) is 9.71. The first kappa shape index (κ1) is 16.3. The van der Waals surface area contributed by atoms with Crippen molar-refractivity contribution in [2.75, 3.05) is 0 Å². The van der Waals surface area contributed by atoms with Gasteiger partial charge in [0.05, 0.1) is 21.8 Å². The summed E-state index contributed by atoms with van der Waals surface area (Å²) in [5.41, 5.74) is 1.20. The molecule has 1 fully saturated rings. The van der Waals surface area contributed by atoms with Crippen LogP contribution in [0.1, 0.15) is 57.8 Å². The van der Waals surface area contributed by atoms with Gasteiger partial charge in [-0.2, -0.15) is 5.10 Å². The van der Waals surface area contributed by atoms with Gasteiger partial charge < -0.3 is 5.11 Å². The molecule has 0 spiro atoms. The van der Waals surface area contributed by atoms with E-state index in [0.29, 0.717) is 30.8 Å². The van der Waals surface area contributed by atoms with E-state index in [1.807, 2.05) is 18.5 Å². The first-order valence-electron chi connectivity index (χ1n) is 7.66. The van der Waals surface area contributed by atoms with Gasteiger partial charge in [-0.1, -0.05) is 25.4 Å². The van der Waals surface area contributed by atoms with Crippen LogP contribution in [0, 0.1) is 17.8 Å². The van der Waals surface area contributed by atoms with E-state index in [2.05, 4.69) is 18.9 Å². The molecule has 0 atom stereocenters. The van der Waals surface area contributed by atoms with Gasteiger partial charge in [-0.25, -0.2) is 0 Å². The summed E-state index contributed by atoms with van der Waals surface area (Å²) in [7, 11) is 0. The van der Waals surface area contributed by atoms with Gasteiger partial charge in [0, 0.05) is 13.0 Å². The molecule has 0 radical (unpaired) electrons. The molecule has 1 saturated carbocycles. The van der Waals surface area contributed by atoms with Crippen molar-refractivity contribution in [3.05, 3.63) is 16.4 Å². The van der Waals surface area contributed by atoms with Crippen LogP contribution >= 0.6 is 11.6 Å². The number of aryl methyl sites for hydroxylation is 2. The number of carbonyl (C=O) groups is 1. The fourth-order valence-corrected chi connectivity index (χ4v) is 3.43. The standard InChI is InChI=1S/C16H25ClN2O2/c1-5-19-12(13(17)11(2)18-19)10-16(14(20)21)8-6-15(3,4)7-9-16/h5-10H2,1-4H3,(H,20,21). The second-order valence-electron chi connectivity index (χ2n) is 7.09. The van der Waals surface area contributed by atoms with Crippen LogP contribution in [-0.4, -0.2) is 20.9 Å². The number of aliphatic carboxylic acids is 1. The summed E-state index contributed by atoms with van der Waals surface area (Å²) in [6.45, 7) is 9.02. The molecule has 2 rings (SSSR count). The normalized spacial score (nSPS) is 20.4. The monoisotopic (exact) mass is 312 g/mol. The Kier molecular flexibility index (Phi) is 4.39. The van der Waals surface area contributed by atoms with Crippen LogP contribution in [0.4, 0.5) is 0 Å². The molecule has 1 aliphatic carbocycles. The summed E-state index contributed by atoms with van der Waals surface area (Å²) in [4.78, 5) is 11.9. The molecule has 0 unspecified atom stereocenters. The van der Waals surface area contributed by atoms with Gasteiger partial charge in [0.2, 0.25) is 0 Å². The fraction of sp³-hybridized carbons (Fsp3) is 0.750. The van der Waals surface area contributed by atoms with E-state index in [1.54, 1.807) is 0 Å². The zero-order valence-corrected chi connectivity index (χ0v) is 14.1. The van der Waals surface area contributed by atoms with Crippen LogP contribution in [0.2, 0.25) is 5.02 Å². The Hall–Kier alpha value is -1.03. The highest BCUT2D eigenvalue weighted by molar-refractivity contribution is 6.31. The Labute approximate surface area is 131 Å². The molecule has 0 amide bonds. The maximum absolute atomic E-state index is 11.9. The average Bonchev–Trinajstić information content (AvgIpc) is 2.68. The van der Waals surface area contributed by atoms with Crippen molar-refractivity contribution < 1.29 is 9.90 Å². The van der Waals surface area contributed by atoms with Crippen molar-refractivity contribution >= 4 is 17.6 Å². The third-order valence-electron chi connectivity index (χ3n) is 4.97. The Morgan fingerprint density at radius 1 is 1.33 bits per heavy atom. The molecule has 0 aliphatic heterocycles. The van der Waals surface area contributed by atoms with Gasteiger partial charge in [0.25, 0.3) is 0 Å². The quantitative estimate of drug-likeness (QED) is 0.911. The van der Waals surface area contributed by atoms with Crippen LogP contribution in [0.5, 0.6) is 0 Å². The van der Waals surface area contributed by atoms with Gasteiger partial charge in [-0.3, -0.25) is 9.48 Å². The number of carboxylic acids is 1. The molecule has 21 heavy (non-hydrogen) atoms. The number of halogens is 1. The molecule has 118 valence electrons. The third-order valence-corrected chi connectivity index (χ3v) is 5.46. The highest BCUT2D eigenvalue weighted by atomic mass is 35.5. The molecule has 4 nitrogen and oxygen atoms in total. The SMILES string of the molecule is CCn1nc(C)c(Cl)c1CC1(C(=O)O)CCC(C)(C)CC1. The number of nitrogens with zero attached hydrogens (tertiary/aromatic N) is 2. The predicted octanol–water partition coefficient (Wildman–Crippen LogP) is 4.08. The summed E-state index contributed by atoms with van der Waals surface area (Å²) in [6, 6.07) is 0. The molecule has 1 aromatic heterocycles. The largest absolute Gasteiger partial charge is 0.481 e. The van der Waals surface area contributed by atoms with Crippen LogP contribution in [0.3, 0.4) is 0 Å². The number of aromatic nitrogens is 2. The van der Waals surface area contributed by atoms with Crippen molar-refractivity contribution in [2.45, 2.75) is 66.3 Å². The van der Waals surface area contributed by atoms with Crippen molar-refractivity contribution in [1.29, 1.82) is 0 Å². The first-order valence-corrected chi connectivity index (χ1v) is 8.04. The molecule has 1 aromatic rings. The van der Waals surface area contributed by atoms with Gasteiger partial charge in [0.1, 0.15) is 0 Å². The predicted molar refractivity (Wildman–Crippen MR) is 83.7 cm³/mol. The fourth-order valence-electron chi connectivity index (χ4n) is 3.23. The number of hydrogen-bond donors (Lipinski definition) is 1. The zero-order chi connectivity index (χ0) is 15.8. The van der Waals surface area contributed by atoms with Crippen LogP contribution in [0.25, 0.3) is 0 Å². The molecule has 0 aromatic carbocycles. The number of carboxylic acid groups (broad SMARTS) is 1. The van der Waals surface area contributed by atoms with Crippen LogP contribution in [0.15, 0.2) is 0 Å². The summed E-state index contributed by atoms with van der Waals surface area (Å²) < 4.78 is 1.85. The minimum atomic E-state index is -0.699. The lowest BCUT2D eigenvalue weighted by Gasteiger charge is -2.41. The van der Waals surface area contributed by atoms with Crippen LogP contribution < -0.4 is 0 Å². The van der Waals surface area contributed by atoms with Gasteiger partial charge in [0.15, 0.2) is 0 Å². The molecule has 5 heteroatoms. The second-order valence-corrected chi connectivity index (χ2v) is 7.47. The van der Waals surface area contributed by atoms with E-state index in [0.717, 1.165) is 24.2 Å². The summed E-state index contributed by atoms with van der Waals surface area (Å²) >= 11 is 6.36. The van der Waals surface area contributed by atoms with E-state index in [1.165, 1.54) is 0 Å². The Morgan fingerprint density at radius 2 is 1.90 bits per heavy atom. The number of hydrogen-bond acceptors (Lipinski definition) is 2. The summed E-state index contributed by atoms with van der Waals surface area (Å²) in [5, 5.41) is 14.8. The Bertz CT molecular complexity index is 539. The van der Waals surface area contributed by atoms with Crippen molar-refractivity contribution in [1.82, 2.24) is 9.78 Å². The van der Waals surface area contributed by atoms with Gasteiger partial charge >= 0.3 is 5.97 Å². The smallest absolute Gasteiger partial charge is 0.310 e. The lowest BCUT2D eigenvalue weighted by Crippen LogP contribution is -2.40. The second kappa shape index (κ2) is 5.64. The highest BCUT2D eigenvalue weighted by Gasteiger charge is 2.45. The molecular formula is C16H25ClN2O2. The van der Waals surface area contributed by atoms with E-state index in [4.69, 9.17) is 11.6 Å². The molecule has 0 saturated heterocycles. The topological polar surface area (TPSA) is 55.1 Å². The van der Waals surface area contributed by atoms with E-state index < -0.39 is 11.4 Å². The summed E-state index contributed by atoms with van der Waals surface area (Å²) in [5.74, 6) is -0.699. The molecular weight excluding hydrogens is 288 g/mol. The Balaban J connectivity index is 2.32. The van der Waals surface area contributed by atoms with E-state index >= 15 is 0 Å². The lowest BCUT2D eigenvalue weighted by molar-refractivity contribution is -0.152.